The van der Waals surface area contributed by atoms with E-state index < -0.39 is 0 Å². The molecule has 4 nitrogen and oxygen atoms in total. The van der Waals surface area contributed by atoms with Crippen LogP contribution in [0, 0.1) is 0 Å². The van der Waals surface area contributed by atoms with Crippen molar-refractivity contribution in [1.29, 1.82) is 0 Å². The molecule has 2 aromatic heterocycles. The lowest BCUT2D eigenvalue weighted by atomic mass is 10.2. The van der Waals surface area contributed by atoms with Gasteiger partial charge < -0.3 is 9.97 Å². The maximum absolute atomic E-state index is 11.9. The largest absolute Gasteiger partial charge is 0.349 e. The van der Waals surface area contributed by atoms with Crippen molar-refractivity contribution in [1.82, 2.24) is 15.0 Å². The van der Waals surface area contributed by atoms with Gasteiger partial charge in [-0.25, -0.2) is 4.98 Å². The van der Waals surface area contributed by atoms with Gasteiger partial charge in [-0.3, -0.25) is 4.79 Å². The fourth-order valence-electron chi connectivity index (χ4n) is 2.01. The highest BCUT2D eigenvalue weighted by Gasteiger charge is 2.08. The summed E-state index contributed by atoms with van der Waals surface area (Å²) in [5.41, 5.74) is 3.10. The molecule has 0 bridgehead atoms. The highest BCUT2D eigenvalue weighted by Crippen LogP contribution is 2.20. The number of H-pyrrole nitrogens is 2. The fourth-order valence-corrected chi connectivity index (χ4v) is 2.01. The number of benzene rings is 1. The van der Waals surface area contributed by atoms with E-state index in [0.717, 1.165) is 23.2 Å². The lowest BCUT2D eigenvalue weighted by Gasteiger charge is -1.95. The van der Waals surface area contributed by atoms with Crippen LogP contribution < -0.4 is 5.56 Å². The van der Waals surface area contributed by atoms with Crippen LogP contribution in [0.15, 0.2) is 41.2 Å². The Hall–Kier alpha value is -2.36. The Morgan fingerprint density at radius 1 is 1.17 bits per heavy atom. The maximum Gasteiger partial charge on any atom is 0.275 e. The summed E-state index contributed by atoms with van der Waals surface area (Å²) in [4.78, 5) is 22.2. The molecule has 0 atom stereocenters. The number of fused-ring (bicyclic) bond motifs is 1. The van der Waals surface area contributed by atoms with Gasteiger partial charge in [0.25, 0.3) is 5.56 Å². The number of aromatic amines is 2. The van der Waals surface area contributed by atoms with E-state index in [1.165, 1.54) is 0 Å². The normalized spacial score (nSPS) is 10.9. The van der Waals surface area contributed by atoms with Crippen molar-refractivity contribution in [3.8, 4) is 11.3 Å². The maximum atomic E-state index is 11.9. The van der Waals surface area contributed by atoms with Gasteiger partial charge in [-0.05, 0) is 11.6 Å². The van der Waals surface area contributed by atoms with Gasteiger partial charge in [0.15, 0.2) is 0 Å². The van der Waals surface area contributed by atoms with Crippen molar-refractivity contribution in [2.24, 2.45) is 0 Å². The minimum atomic E-state index is -0.112. The van der Waals surface area contributed by atoms with E-state index in [4.69, 9.17) is 0 Å². The predicted octanol–water partition coefficient (Wildman–Crippen LogP) is 2.48. The third kappa shape index (κ3) is 1.72. The van der Waals surface area contributed by atoms with Gasteiger partial charge in [0.2, 0.25) is 0 Å². The van der Waals surface area contributed by atoms with E-state index in [1.54, 1.807) is 0 Å². The summed E-state index contributed by atoms with van der Waals surface area (Å²) in [6, 6.07) is 11.8. The van der Waals surface area contributed by atoms with Gasteiger partial charge in [-0.15, -0.1) is 0 Å². The second-order valence-electron chi connectivity index (χ2n) is 4.18. The molecular formula is C14H13N3O. The number of nitrogens with zero attached hydrogens (tertiary/aromatic N) is 1. The second kappa shape index (κ2) is 4.14. The summed E-state index contributed by atoms with van der Waals surface area (Å²) >= 11 is 0. The Morgan fingerprint density at radius 2 is 1.94 bits per heavy atom. The van der Waals surface area contributed by atoms with Crippen molar-refractivity contribution in [2.75, 3.05) is 0 Å². The van der Waals surface area contributed by atoms with Crippen LogP contribution in [0.3, 0.4) is 0 Å². The number of nitrogens with one attached hydrogen (secondary N) is 2. The molecule has 2 N–H and O–H groups in total. The van der Waals surface area contributed by atoms with Crippen LogP contribution in [-0.2, 0) is 6.42 Å². The Morgan fingerprint density at radius 3 is 2.67 bits per heavy atom. The van der Waals surface area contributed by atoms with Crippen LogP contribution in [0.4, 0.5) is 0 Å². The van der Waals surface area contributed by atoms with Crippen molar-refractivity contribution in [2.45, 2.75) is 13.3 Å². The average molecular weight is 239 g/mol. The molecule has 3 aromatic rings. The first-order chi connectivity index (χ1) is 8.78. The van der Waals surface area contributed by atoms with Crippen molar-refractivity contribution in [3.63, 3.8) is 0 Å². The number of aromatic nitrogens is 3. The monoisotopic (exact) mass is 239 g/mol. The molecule has 2 heterocycles. The first-order valence-corrected chi connectivity index (χ1v) is 5.95. The second-order valence-corrected chi connectivity index (χ2v) is 4.18. The zero-order valence-corrected chi connectivity index (χ0v) is 10.0. The van der Waals surface area contributed by atoms with E-state index in [0.29, 0.717) is 11.3 Å². The Balaban J connectivity index is 2.23. The standard InChI is InChI=1S/C14H13N3O/c1-2-12-15-11-8-10(9-6-4-3-5-7-9)16-13(11)14(18)17-12/h3-8,16H,2H2,1H3,(H,15,17,18). The number of hydrogen-bond acceptors (Lipinski definition) is 2. The summed E-state index contributed by atoms with van der Waals surface area (Å²) in [7, 11) is 0. The highest BCUT2D eigenvalue weighted by atomic mass is 16.1. The molecule has 3 rings (SSSR count). The van der Waals surface area contributed by atoms with Crippen LogP contribution in [0.25, 0.3) is 22.3 Å². The number of hydrogen-bond donors (Lipinski definition) is 2. The van der Waals surface area contributed by atoms with Gasteiger partial charge >= 0.3 is 0 Å². The average Bonchev–Trinajstić information content (AvgIpc) is 2.84. The van der Waals surface area contributed by atoms with Crippen molar-refractivity contribution < 1.29 is 0 Å². The molecule has 0 amide bonds. The molecule has 90 valence electrons. The molecule has 0 radical (unpaired) electrons. The summed E-state index contributed by atoms with van der Waals surface area (Å²) in [5.74, 6) is 0.714. The molecule has 0 fully saturated rings. The van der Waals surface area contributed by atoms with Gasteiger partial charge in [-0.1, -0.05) is 37.3 Å². The van der Waals surface area contributed by atoms with Crippen LogP contribution >= 0.6 is 0 Å². The molecule has 0 spiro atoms. The fraction of sp³-hybridized carbons (Fsp3) is 0.143. The molecule has 4 heteroatoms. The van der Waals surface area contributed by atoms with Crippen LogP contribution in [0.1, 0.15) is 12.7 Å². The molecule has 0 aliphatic rings. The first kappa shape index (κ1) is 10.8. The molecule has 18 heavy (non-hydrogen) atoms. The molecule has 0 unspecified atom stereocenters. The van der Waals surface area contributed by atoms with E-state index in [2.05, 4.69) is 15.0 Å². The lowest BCUT2D eigenvalue weighted by Crippen LogP contribution is -2.10. The van der Waals surface area contributed by atoms with Gasteiger partial charge in [-0.2, -0.15) is 0 Å². The molecular weight excluding hydrogens is 226 g/mol. The quantitative estimate of drug-likeness (QED) is 0.721. The van der Waals surface area contributed by atoms with Gasteiger partial charge in [0.1, 0.15) is 11.3 Å². The van der Waals surface area contributed by atoms with Crippen molar-refractivity contribution in [3.05, 3.63) is 52.6 Å². The summed E-state index contributed by atoms with van der Waals surface area (Å²) in [6.07, 6.45) is 0.719. The Kier molecular flexibility index (Phi) is 2.48. The minimum Gasteiger partial charge on any atom is -0.349 e. The van der Waals surface area contributed by atoms with E-state index >= 15 is 0 Å². The Bertz CT molecular complexity index is 741. The van der Waals surface area contributed by atoms with E-state index in [9.17, 15) is 4.79 Å². The smallest absolute Gasteiger partial charge is 0.275 e. The molecule has 0 saturated carbocycles. The van der Waals surface area contributed by atoms with E-state index in [1.807, 2.05) is 43.3 Å². The minimum absolute atomic E-state index is 0.112. The SMILES string of the molecule is CCc1nc2cc(-c3ccccc3)[nH]c2c(=O)[nH]1. The summed E-state index contributed by atoms with van der Waals surface area (Å²) in [5, 5.41) is 0. The third-order valence-corrected chi connectivity index (χ3v) is 2.96. The summed E-state index contributed by atoms with van der Waals surface area (Å²) in [6.45, 7) is 1.97. The van der Waals surface area contributed by atoms with Gasteiger partial charge in [0, 0.05) is 12.1 Å². The zero-order chi connectivity index (χ0) is 12.5. The Labute approximate surface area is 104 Å². The zero-order valence-electron chi connectivity index (χ0n) is 10.0. The summed E-state index contributed by atoms with van der Waals surface area (Å²) < 4.78 is 0. The topological polar surface area (TPSA) is 61.5 Å². The van der Waals surface area contributed by atoms with Crippen LogP contribution in [0.2, 0.25) is 0 Å². The van der Waals surface area contributed by atoms with E-state index in [-0.39, 0.29) is 5.56 Å². The molecule has 1 aromatic carbocycles. The van der Waals surface area contributed by atoms with Crippen LogP contribution in [-0.4, -0.2) is 15.0 Å². The van der Waals surface area contributed by atoms with Crippen LogP contribution in [0.5, 0.6) is 0 Å². The van der Waals surface area contributed by atoms with Gasteiger partial charge in [0.05, 0.1) is 5.52 Å². The molecule has 0 saturated heterocycles. The molecule has 0 aliphatic heterocycles. The lowest BCUT2D eigenvalue weighted by molar-refractivity contribution is 0.943. The third-order valence-electron chi connectivity index (χ3n) is 2.96. The number of aryl methyl sites for hydroxylation is 1. The first-order valence-electron chi connectivity index (χ1n) is 5.95. The number of rotatable bonds is 2. The van der Waals surface area contributed by atoms with Crippen molar-refractivity contribution >= 4 is 11.0 Å². The molecule has 0 aliphatic carbocycles. The predicted molar refractivity (Wildman–Crippen MR) is 71.5 cm³/mol. The highest BCUT2D eigenvalue weighted by molar-refractivity contribution is 5.81.